The fraction of sp³-hybridized carbons (Fsp3) is 0.588. The quantitative estimate of drug-likeness (QED) is 0.909. The number of fused-ring (bicyclic) bond motifs is 1. The molecule has 1 saturated heterocycles. The third-order valence-electron chi connectivity index (χ3n) is 4.79. The van der Waals surface area contributed by atoms with Crippen LogP contribution in [0.1, 0.15) is 31.7 Å². The van der Waals surface area contributed by atoms with Crippen LogP contribution < -0.4 is 14.8 Å². The third-order valence-corrected chi connectivity index (χ3v) is 4.79. The minimum absolute atomic E-state index is 0.0766. The Balaban J connectivity index is 1.68. The van der Waals surface area contributed by atoms with Gasteiger partial charge in [0.15, 0.2) is 11.5 Å². The Hall–Kier alpha value is -1.95. The normalized spacial score (nSPS) is 23.5. The van der Waals surface area contributed by atoms with E-state index in [-0.39, 0.29) is 18.4 Å². The third kappa shape index (κ3) is 3.37. The zero-order valence-corrected chi connectivity index (χ0v) is 14.0. The predicted molar refractivity (Wildman–Crippen MR) is 87.2 cm³/mol. The number of likely N-dealkylation sites (tertiary alicyclic amines) is 1. The van der Waals surface area contributed by atoms with Gasteiger partial charge in [-0.15, -0.1) is 0 Å². The molecule has 1 atom stereocenters. The number of hydrogen-bond acceptors (Lipinski definition) is 4. The van der Waals surface area contributed by atoms with Gasteiger partial charge in [0.2, 0.25) is 6.79 Å². The van der Waals surface area contributed by atoms with Gasteiger partial charge in [-0.1, -0.05) is 0 Å². The van der Waals surface area contributed by atoms with Gasteiger partial charge in [0.05, 0.1) is 5.60 Å². The summed E-state index contributed by atoms with van der Waals surface area (Å²) in [6.45, 7) is 5.72. The maximum atomic E-state index is 12.6. The van der Waals surface area contributed by atoms with Gasteiger partial charge in [-0.05, 0) is 44.7 Å². The monoisotopic (exact) mass is 320 g/mol. The highest BCUT2D eigenvalue weighted by Gasteiger charge is 2.29. The van der Waals surface area contributed by atoms with E-state index in [2.05, 4.69) is 12.2 Å². The van der Waals surface area contributed by atoms with Gasteiger partial charge in [0.1, 0.15) is 0 Å². The summed E-state index contributed by atoms with van der Waals surface area (Å²) in [5.41, 5.74) is 1.58. The summed E-state index contributed by atoms with van der Waals surface area (Å²) in [6.07, 6.45) is 2.76. The summed E-state index contributed by atoms with van der Waals surface area (Å²) in [6, 6.07) is 3.64. The highest BCUT2D eigenvalue weighted by atomic mass is 16.7. The van der Waals surface area contributed by atoms with E-state index in [1.807, 2.05) is 24.0 Å². The number of nitrogens with zero attached hydrogens (tertiary/aromatic N) is 1. The molecule has 1 fully saturated rings. The van der Waals surface area contributed by atoms with Gasteiger partial charge in [0, 0.05) is 32.0 Å². The molecule has 0 spiro atoms. The first-order valence-corrected chi connectivity index (χ1v) is 8.02. The first kappa shape index (κ1) is 15.9. The second-order valence-corrected chi connectivity index (χ2v) is 6.45. The smallest absolute Gasteiger partial charge is 0.321 e. The molecule has 0 aromatic heterocycles. The molecule has 126 valence electrons. The Morgan fingerprint density at radius 3 is 2.74 bits per heavy atom. The number of methoxy groups -OCH3 is 1. The van der Waals surface area contributed by atoms with Crippen LogP contribution >= 0.6 is 0 Å². The maximum Gasteiger partial charge on any atom is 0.321 e. The van der Waals surface area contributed by atoms with E-state index < -0.39 is 0 Å². The molecule has 6 nitrogen and oxygen atoms in total. The summed E-state index contributed by atoms with van der Waals surface area (Å²) in [4.78, 5) is 14.4. The number of urea groups is 1. The van der Waals surface area contributed by atoms with Crippen molar-refractivity contribution in [3.63, 3.8) is 0 Å². The topological polar surface area (TPSA) is 60.0 Å². The largest absolute Gasteiger partial charge is 0.454 e. The molecule has 2 amide bonds. The van der Waals surface area contributed by atoms with Gasteiger partial charge >= 0.3 is 6.03 Å². The fourth-order valence-corrected chi connectivity index (χ4v) is 3.03. The molecule has 1 aromatic carbocycles. The number of benzene rings is 1. The number of carbonyl (C=O) groups excluding carboxylic acids is 1. The number of hydrogen-bond donors (Lipinski definition) is 1. The van der Waals surface area contributed by atoms with Crippen molar-refractivity contribution >= 4 is 11.7 Å². The van der Waals surface area contributed by atoms with Crippen molar-refractivity contribution in [2.75, 3.05) is 32.3 Å². The van der Waals surface area contributed by atoms with Crippen LogP contribution in [-0.4, -0.2) is 43.5 Å². The number of nitrogens with one attached hydrogen (secondary N) is 1. The molecule has 1 aromatic rings. The van der Waals surface area contributed by atoms with Gasteiger partial charge < -0.3 is 24.4 Å². The highest BCUT2D eigenvalue weighted by molar-refractivity contribution is 5.90. The molecule has 2 aliphatic heterocycles. The Morgan fingerprint density at radius 1 is 1.26 bits per heavy atom. The number of rotatable bonds is 2. The highest BCUT2D eigenvalue weighted by Crippen LogP contribution is 2.36. The van der Waals surface area contributed by atoms with Crippen LogP contribution in [0.4, 0.5) is 10.5 Å². The van der Waals surface area contributed by atoms with E-state index in [1.54, 1.807) is 7.11 Å². The lowest BCUT2D eigenvalue weighted by Crippen LogP contribution is -2.37. The van der Waals surface area contributed by atoms with Crippen LogP contribution in [0.3, 0.4) is 0 Å². The van der Waals surface area contributed by atoms with E-state index in [4.69, 9.17) is 14.2 Å². The summed E-state index contributed by atoms with van der Waals surface area (Å²) >= 11 is 0. The lowest BCUT2D eigenvalue weighted by atomic mass is 9.97. The van der Waals surface area contributed by atoms with Crippen LogP contribution in [0.15, 0.2) is 12.1 Å². The molecule has 0 radical (unpaired) electrons. The lowest BCUT2D eigenvalue weighted by molar-refractivity contribution is -0.00491. The average Bonchev–Trinajstić information content (AvgIpc) is 2.87. The van der Waals surface area contributed by atoms with Crippen LogP contribution in [0.2, 0.25) is 0 Å². The average molecular weight is 320 g/mol. The van der Waals surface area contributed by atoms with E-state index in [0.717, 1.165) is 42.8 Å². The fourth-order valence-electron chi connectivity index (χ4n) is 3.03. The van der Waals surface area contributed by atoms with Crippen molar-refractivity contribution in [3.05, 3.63) is 17.7 Å². The van der Waals surface area contributed by atoms with E-state index in [1.165, 1.54) is 0 Å². The lowest BCUT2D eigenvalue weighted by Gasteiger charge is -2.26. The SMILES string of the molecule is COC1(C)CCCN(C(=O)Nc2cc3c(cc2C)OCO3)CC1. The van der Waals surface area contributed by atoms with Gasteiger partial charge in [-0.3, -0.25) is 0 Å². The van der Waals surface area contributed by atoms with Gasteiger partial charge in [-0.25, -0.2) is 4.79 Å². The molecule has 2 heterocycles. The predicted octanol–water partition coefficient (Wildman–Crippen LogP) is 3.15. The van der Waals surface area contributed by atoms with Crippen LogP contribution in [0.25, 0.3) is 0 Å². The summed E-state index contributed by atoms with van der Waals surface area (Å²) in [5.74, 6) is 1.40. The number of aryl methyl sites for hydroxylation is 1. The first-order chi connectivity index (χ1) is 11.0. The van der Waals surface area contributed by atoms with Crippen molar-refractivity contribution in [1.29, 1.82) is 0 Å². The van der Waals surface area contributed by atoms with E-state index >= 15 is 0 Å². The Labute approximate surface area is 136 Å². The zero-order valence-electron chi connectivity index (χ0n) is 14.0. The zero-order chi connectivity index (χ0) is 16.4. The number of carbonyl (C=O) groups is 1. The van der Waals surface area contributed by atoms with E-state index in [0.29, 0.717) is 12.3 Å². The molecule has 6 heteroatoms. The standard InChI is InChI=1S/C17H24N2O4/c1-12-9-14-15(23-11-22-14)10-13(12)18-16(20)19-7-4-5-17(2,21-3)6-8-19/h9-10H,4-8,11H2,1-3H3,(H,18,20). The van der Waals surface area contributed by atoms with Crippen molar-refractivity contribution in [2.45, 2.75) is 38.7 Å². The van der Waals surface area contributed by atoms with Crippen LogP contribution in [-0.2, 0) is 4.74 Å². The van der Waals surface area contributed by atoms with Crippen molar-refractivity contribution < 1.29 is 19.0 Å². The molecule has 0 aliphatic carbocycles. The molecule has 23 heavy (non-hydrogen) atoms. The number of ether oxygens (including phenoxy) is 3. The minimum atomic E-state index is -0.135. The number of anilines is 1. The van der Waals surface area contributed by atoms with Gasteiger partial charge in [0.25, 0.3) is 0 Å². The molecule has 2 aliphatic rings. The molecule has 0 bridgehead atoms. The first-order valence-electron chi connectivity index (χ1n) is 8.02. The molecular weight excluding hydrogens is 296 g/mol. The van der Waals surface area contributed by atoms with Crippen molar-refractivity contribution in [1.82, 2.24) is 4.90 Å². The molecule has 3 rings (SSSR count). The summed E-state index contributed by atoms with van der Waals surface area (Å²) in [5, 5.41) is 2.99. The Bertz CT molecular complexity index is 605. The molecule has 0 saturated carbocycles. The van der Waals surface area contributed by atoms with Crippen LogP contribution in [0, 0.1) is 6.92 Å². The Kier molecular flexibility index (Phi) is 4.35. The van der Waals surface area contributed by atoms with Crippen LogP contribution in [0.5, 0.6) is 11.5 Å². The second-order valence-electron chi connectivity index (χ2n) is 6.45. The molecule has 1 N–H and O–H groups in total. The second kappa shape index (κ2) is 6.28. The number of amides is 2. The maximum absolute atomic E-state index is 12.6. The minimum Gasteiger partial charge on any atom is -0.454 e. The van der Waals surface area contributed by atoms with Crippen molar-refractivity contribution in [2.24, 2.45) is 0 Å². The van der Waals surface area contributed by atoms with E-state index in [9.17, 15) is 4.79 Å². The molecular formula is C17H24N2O4. The summed E-state index contributed by atoms with van der Waals surface area (Å²) in [7, 11) is 1.74. The molecule has 1 unspecified atom stereocenters. The Morgan fingerprint density at radius 2 is 2.00 bits per heavy atom. The summed E-state index contributed by atoms with van der Waals surface area (Å²) < 4.78 is 16.3. The van der Waals surface area contributed by atoms with Gasteiger partial charge in [-0.2, -0.15) is 0 Å². The van der Waals surface area contributed by atoms with Crippen molar-refractivity contribution in [3.8, 4) is 11.5 Å².